The minimum atomic E-state index is 0.408. The number of allylic oxidation sites excluding steroid dienone is 2. The fourth-order valence-electron chi connectivity index (χ4n) is 4.66. The van der Waals surface area contributed by atoms with Crippen molar-refractivity contribution >= 4 is 6.29 Å². The van der Waals surface area contributed by atoms with Gasteiger partial charge in [0.2, 0.25) is 0 Å². The smallest absolute Gasteiger partial charge is 0.142 e. The van der Waals surface area contributed by atoms with Gasteiger partial charge in [0.1, 0.15) is 6.29 Å². The first kappa shape index (κ1) is 13.8. The third kappa shape index (κ3) is 2.27. The van der Waals surface area contributed by atoms with Crippen LogP contribution < -0.4 is 0 Å². The third-order valence-corrected chi connectivity index (χ3v) is 5.57. The van der Waals surface area contributed by atoms with Gasteiger partial charge in [-0.2, -0.15) is 0 Å². The first-order valence-electron chi connectivity index (χ1n) is 7.28. The second-order valence-electron chi connectivity index (χ2n) is 6.34. The van der Waals surface area contributed by atoms with E-state index in [1.807, 2.05) is 7.11 Å². The fraction of sp³-hybridized carbons (Fsp3) is 0.812. The van der Waals surface area contributed by atoms with Crippen LogP contribution in [0.2, 0.25) is 0 Å². The SMILES string of the molecule is COC1CCC[C@@]2(C)C1CC[C@@H]2[C@H](C)/C=C/C=O. The number of rotatable bonds is 4. The van der Waals surface area contributed by atoms with Gasteiger partial charge in [-0.1, -0.05) is 26.3 Å². The van der Waals surface area contributed by atoms with Gasteiger partial charge in [-0.3, -0.25) is 4.79 Å². The Hall–Kier alpha value is -0.630. The lowest BCUT2D eigenvalue weighted by atomic mass is 9.62. The van der Waals surface area contributed by atoms with Crippen LogP contribution in [-0.2, 0) is 9.53 Å². The number of ether oxygens (including phenoxy) is 1. The van der Waals surface area contributed by atoms with Gasteiger partial charge >= 0.3 is 0 Å². The van der Waals surface area contributed by atoms with Gasteiger partial charge in [0.25, 0.3) is 0 Å². The number of hydrogen-bond acceptors (Lipinski definition) is 2. The zero-order chi connectivity index (χ0) is 13.2. The molecule has 2 aliphatic carbocycles. The second-order valence-corrected chi connectivity index (χ2v) is 6.34. The van der Waals surface area contributed by atoms with Gasteiger partial charge < -0.3 is 4.74 Å². The van der Waals surface area contributed by atoms with Crippen molar-refractivity contribution in [1.82, 2.24) is 0 Å². The van der Waals surface area contributed by atoms with Crippen LogP contribution in [0.5, 0.6) is 0 Å². The van der Waals surface area contributed by atoms with E-state index in [1.165, 1.54) is 32.1 Å². The van der Waals surface area contributed by atoms with Crippen LogP contribution in [0.3, 0.4) is 0 Å². The third-order valence-electron chi connectivity index (χ3n) is 5.57. The Morgan fingerprint density at radius 2 is 2.11 bits per heavy atom. The molecule has 0 N–H and O–H groups in total. The van der Waals surface area contributed by atoms with E-state index in [9.17, 15) is 4.79 Å². The van der Waals surface area contributed by atoms with Crippen molar-refractivity contribution in [2.75, 3.05) is 7.11 Å². The van der Waals surface area contributed by atoms with Crippen molar-refractivity contribution < 1.29 is 9.53 Å². The lowest BCUT2D eigenvalue weighted by Gasteiger charge is -2.45. The van der Waals surface area contributed by atoms with Crippen LogP contribution >= 0.6 is 0 Å². The molecule has 0 heterocycles. The Labute approximate surface area is 111 Å². The Morgan fingerprint density at radius 1 is 1.33 bits per heavy atom. The molecule has 2 rings (SSSR count). The first-order chi connectivity index (χ1) is 8.63. The number of carbonyl (C=O) groups excluding carboxylic acids is 1. The van der Waals surface area contributed by atoms with Crippen LogP contribution in [0.1, 0.15) is 46.0 Å². The predicted octanol–water partition coefficient (Wildman–Crippen LogP) is 3.61. The summed E-state index contributed by atoms with van der Waals surface area (Å²) in [5, 5.41) is 0. The minimum absolute atomic E-state index is 0.408. The highest BCUT2D eigenvalue weighted by molar-refractivity contribution is 5.64. The van der Waals surface area contributed by atoms with Crippen molar-refractivity contribution in [1.29, 1.82) is 0 Å². The van der Waals surface area contributed by atoms with E-state index in [-0.39, 0.29) is 0 Å². The summed E-state index contributed by atoms with van der Waals surface area (Å²) < 4.78 is 5.71. The summed E-state index contributed by atoms with van der Waals surface area (Å²) in [6.45, 7) is 4.71. The molecular formula is C16H26O2. The van der Waals surface area contributed by atoms with E-state index in [2.05, 4.69) is 19.9 Å². The molecular weight excluding hydrogens is 224 g/mol. The molecule has 18 heavy (non-hydrogen) atoms. The molecule has 2 aliphatic rings. The highest BCUT2D eigenvalue weighted by Gasteiger charge is 2.52. The van der Waals surface area contributed by atoms with Crippen molar-refractivity contribution in [2.24, 2.45) is 23.2 Å². The van der Waals surface area contributed by atoms with Crippen LogP contribution in [0, 0.1) is 23.2 Å². The summed E-state index contributed by atoms with van der Waals surface area (Å²) in [7, 11) is 1.86. The molecule has 2 unspecified atom stereocenters. The molecule has 0 spiro atoms. The Kier molecular flexibility index (Phi) is 4.26. The summed E-state index contributed by atoms with van der Waals surface area (Å²) in [5.74, 6) is 1.92. The van der Waals surface area contributed by atoms with Crippen LogP contribution in [0.15, 0.2) is 12.2 Å². The summed E-state index contributed by atoms with van der Waals surface area (Å²) in [6, 6.07) is 0. The fourth-order valence-corrected chi connectivity index (χ4v) is 4.66. The van der Waals surface area contributed by atoms with Gasteiger partial charge in [-0.15, -0.1) is 0 Å². The zero-order valence-electron chi connectivity index (χ0n) is 11.9. The second kappa shape index (κ2) is 5.56. The molecule has 102 valence electrons. The summed E-state index contributed by atoms with van der Waals surface area (Å²) in [6.07, 6.45) is 11.5. The topological polar surface area (TPSA) is 26.3 Å². The maximum atomic E-state index is 10.5. The van der Waals surface area contributed by atoms with Gasteiger partial charge in [0.05, 0.1) is 6.10 Å². The molecule has 0 bridgehead atoms. The molecule has 5 atom stereocenters. The monoisotopic (exact) mass is 250 g/mol. The Morgan fingerprint density at radius 3 is 2.78 bits per heavy atom. The van der Waals surface area contributed by atoms with Crippen LogP contribution in [0.4, 0.5) is 0 Å². The molecule has 2 fully saturated rings. The first-order valence-corrected chi connectivity index (χ1v) is 7.28. The van der Waals surface area contributed by atoms with Crippen molar-refractivity contribution in [2.45, 2.75) is 52.1 Å². The van der Waals surface area contributed by atoms with Gasteiger partial charge in [-0.05, 0) is 54.9 Å². The number of aldehydes is 1. The largest absolute Gasteiger partial charge is 0.381 e. The summed E-state index contributed by atoms with van der Waals surface area (Å²) in [5.41, 5.74) is 0.408. The lowest BCUT2D eigenvalue weighted by molar-refractivity contribution is -0.104. The van der Waals surface area contributed by atoms with E-state index in [1.54, 1.807) is 6.08 Å². The van der Waals surface area contributed by atoms with Crippen molar-refractivity contribution in [3.8, 4) is 0 Å². The maximum Gasteiger partial charge on any atom is 0.142 e. The number of hydrogen-bond donors (Lipinski definition) is 0. The average molecular weight is 250 g/mol. The minimum Gasteiger partial charge on any atom is -0.381 e. The Balaban J connectivity index is 2.15. The lowest BCUT2D eigenvalue weighted by Crippen LogP contribution is -2.42. The van der Waals surface area contributed by atoms with E-state index < -0.39 is 0 Å². The van der Waals surface area contributed by atoms with Crippen molar-refractivity contribution in [3.63, 3.8) is 0 Å². The zero-order valence-corrected chi connectivity index (χ0v) is 11.9. The number of methoxy groups -OCH3 is 1. The molecule has 2 nitrogen and oxygen atoms in total. The molecule has 0 saturated heterocycles. The quantitative estimate of drug-likeness (QED) is 0.563. The average Bonchev–Trinajstić information content (AvgIpc) is 2.72. The van der Waals surface area contributed by atoms with Gasteiger partial charge in [0, 0.05) is 7.11 Å². The van der Waals surface area contributed by atoms with E-state index in [4.69, 9.17) is 4.74 Å². The molecule has 2 saturated carbocycles. The molecule has 0 aromatic carbocycles. The normalized spacial score (nSPS) is 41.8. The molecule has 0 aliphatic heterocycles. The highest BCUT2D eigenvalue weighted by atomic mass is 16.5. The molecule has 0 aromatic heterocycles. The van der Waals surface area contributed by atoms with Crippen LogP contribution in [0.25, 0.3) is 0 Å². The molecule has 0 aromatic rings. The molecule has 2 heteroatoms. The van der Waals surface area contributed by atoms with Crippen molar-refractivity contribution in [3.05, 3.63) is 12.2 Å². The Bertz CT molecular complexity index is 323. The van der Waals surface area contributed by atoms with E-state index in [0.717, 1.165) is 6.29 Å². The van der Waals surface area contributed by atoms with Gasteiger partial charge in [0.15, 0.2) is 0 Å². The van der Waals surface area contributed by atoms with Crippen LogP contribution in [-0.4, -0.2) is 19.5 Å². The number of carbonyl (C=O) groups is 1. The molecule has 0 radical (unpaired) electrons. The number of fused-ring (bicyclic) bond motifs is 1. The maximum absolute atomic E-state index is 10.5. The standard InChI is InChI=1S/C16H26O2/c1-12(6-5-11-17)13-8-9-14-15(18-3)7-4-10-16(13,14)2/h5-6,11-15H,4,7-10H2,1-3H3/b6-5+/t12-,13-,14?,15?,16-/m1/s1. The van der Waals surface area contributed by atoms with Gasteiger partial charge in [-0.25, -0.2) is 0 Å². The highest BCUT2D eigenvalue weighted by Crippen LogP contribution is 2.58. The summed E-state index contributed by atoms with van der Waals surface area (Å²) >= 11 is 0. The van der Waals surface area contributed by atoms with E-state index >= 15 is 0 Å². The predicted molar refractivity (Wildman–Crippen MR) is 73.3 cm³/mol. The summed E-state index contributed by atoms with van der Waals surface area (Å²) in [4.78, 5) is 10.5. The van der Waals surface area contributed by atoms with E-state index in [0.29, 0.717) is 29.3 Å². The molecule has 0 amide bonds.